The highest BCUT2D eigenvalue weighted by Crippen LogP contribution is 2.15. The number of rotatable bonds is 5. The van der Waals surface area contributed by atoms with E-state index in [9.17, 15) is 9.59 Å². The molecule has 27 heavy (non-hydrogen) atoms. The molecule has 1 saturated heterocycles. The van der Waals surface area contributed by atoms with Crippen LogP contribution in [-0.2, 0) is 11.8 Å². The van der Waals surface area contributed by atoms with Gasteiger partial charge in [0, 0.05) is 46.5 Å². The molecule has 2 amide bonds. The van der Waals surface area contributed by atoms with Gasteiger partial charge in [-0.3, -0.25) is 19.3 Å². The fourth-order valence-electron chi connectivity index (χ4n) is 2.85. The molecule has 2 N–H and O–H groups in total. The van der Waals surface area contributed by atoms with Crippen LogP contribution in [-0.4, -0.2) is 72.2 Å². The number of guanidine groups is 1. The van der Waals surface area contributed by atoms with Gasteiger partial charge in [-0.15, -0.1) is 0 Å². The van der Waals surface area contributed by atoms with E-state index in [1.165, 1.54) is 6.26 Å². The summed E-state index contributed by atoms with van der Waals surface area (Å²) >= 11 is 0. The fraction of sp³-hybridized carbons (Fsp3) is 0.412. The largest absolute Gasteiger partial charge is 0.459 e. The summed E-state index contributed by atoms with van der Waals surface area (Å²) in [5.41, 5.74) is 0.797. The topological polar surface area (TPSA) is 108 Å². The summed E-state index contributed by atoms with van der Waals surface area (Å²) in [6.07, 6.45) is 4.96. The average Bonchev–Trinajstić information content (AvgIpc) is 3.33. The van der Waals surface area contributed by atoms with Crippen molar-refractivity contribution >= 4 is 23.5 Å². The SMILES string of the molecule is CN=C(NCCNC(=O)c1ccco1)N1CCN(c2cnn(C)c2)C(=O)C1. The molecular weight excluding hydrogens is 350 g/mol. The first-order chi connectivity index (χ1) is 13.1. The number of piperazine rings is 1. The van der Waals surface area contributed by atoms with E-state index in [0.29, 0.717) is 32.1 Å². The van der Waals surface area contributed by atoms with Crippen LogP contribution in [0.25, 0.3) is 0 Å². The van der Waals surface area contributed by atoms with E-state index in [1.807, 2.05) is 18.1 Å². The quantitative estimate of drug-likeness (QED) is 0.422. The standard InChI is InChI=1S/C17H23N7O3/c1-18-17(20-6-5-19-16(26)14-4-3-9-27-14)23-7-8-24(15(25)12-23)13-10-21-22(2)11-13/h3-4,9-11H,5-8,12H2,1-2H3,(H,18,20)(H,19,26). The Balaban J connectivity index is 1.46. The number of aromatic nitrogens is 2. The van der Waals surface area contributed by atoms with Gasteiger partial charge in [-0.25, -0.2) is 0 Å². The Morgan fingerprint density at radius 1 is 1.33 bits per heavy atom. The molecule has 1 fully saturated rings. The number of aliphatic imine (C=N–C) groups is 1. The Labute approximate surface area is 156 Å². The van der Waals surface area contributed by atoms with Gasteiger partial charge >= 0.3 is 0 Å². The molecule has 10 nitrogen and oxygen atoms in total. The minimum atomic E-state index is -0.267. The first-order valence-corrected chi connectivity index (χ1v) is 8.65. The first-order valence-electron chi connectivity index (χ1n) is 8.65. The van der Waals surface area contributed by atoms with Gasteiger partial charge in [0.2, 0.25) is 5.91 Å². The molecule has 0 spiro atoms. The second-order valence-corrected chi connectivity index (χ2v) is 6.05. The number of nitrogens with zero attached hydrogens (tertiary/aromatic N) is 5. The Kier molecular flexibility index (Phi) is 5.74. The maximum Gasteiger partial charge on any atom is 0.287 e. The number of nitrogens with one attached hydrogen (secondary N) is 2. The van der Waals surface area contributed by atoms with E-state index in [-0.39, 0.29) is 24.1 Å². The predicted molar refractivity (Wildman–Crippen MR) is 99.5 cm³/mol. The van der Waals surface area contributed by atoms with Crippen molar-refractivity contribution in [2.75, 3.05) is 44.7 Å². The van der Waals surface area contributed by atoms with Crippen LogP contribution >= 0.6 is 0 Å². The number of aryl methyl sites for hydroxylation is 1. The van der Waals surface area contributed by atoms with E-state index in [1.54, 1.807) is 35.0 Å². The molecule has 0 atom stereocenters. The van der Waals surface area contributed by atoms with Gasteiger partial charge in [-0.2, -0.15) is 5.10 Å². The Hall–Kier alpha value is -3.30. The average molecular weight is 373 g/mol. The van der Waals surface area contributed by atoms with Gasteiger partial charge in [-0.05, 0) is 12.1 Å². The third-order valence-electron chi connectivity index (χ3n) is 4.17. The van der Waals surface area contributed by atoms with Gasteiger partial charge in [0.25, 0.3) is 5.91 Å². The van der Waals surface area contributed by atoms with Crippen LogP contribution in [0, 0.1) is 0 Å². The molecule has 1 aliphatic heterocycles. The minimum absolute atomic E-state index is 0.0108. The number of hydrogen-bond donors (Lipinski definition) is 2. The number of carbonyl (C=O) groups is 2. The van der Waals surface area contributed by atoms with Gasteiger partial charge in [0.1, 0.15) is 6.54 Å². The number of amides is 2. The highest BCUT2D eigenvalue weighted by atomic mass is 16.3. The van der Waals surface area contributed by atoms with E-state index < -0.39 is 0 Å². The first kappa shape index (κ1) is 18.5. The summed E-state index contributed by atoms with van der Waals surface area (Å²) in [4.78, 5) is 32.1. The summed E-state index contributed by atoms with van der Waals surface area (Å²) in [5, 5.41) is 10.0. The number of furan rings is 1. The van der Waals surface area contributed by atoms with Crippen molar-refractivity contribution in [3.05, 3.63) is 36.5 Å². The maximum atomic E-state index is 12.5. The molecule has 2 aromatic heterocycles. The minimum Gasteiger partial charge on any atom is -0.459 e. The molecule has 0 unspecified atom stereocenters. The third-order valence-corrected chi connectivity index (χ3v) is 4.17. The molecule has 0 saturated carbocycles. The van der Waals surface area contributed by atoms with Gasteiger partial charge in [0.05, 0.1) is 18.1 Å². The second kappa shape index (κ2) is 8.39. The van der Waals surface area contributed by atoms with Crippen molar-refractivity contribution in [2.24, 2.45) is 12.0 Å². The summed E-state index contributed by atoms with van der Waals surface area (Å²) in [7, 11) is 3.49. The highest BCUT2D eigenvalue weighted by molar-refractivity contribution is 5.98. The third kappa shape index (κ3) is 4.46. The molecule has 10 heteroatoms. The molecular formula is C17H23N7O3. The molecule has 3 rings (SSSR count). The zero-order valence-corrected chi connectivity index (χ0v) is 15.4. The summed E-state index contributed by atoms with van der Waals surface area (Å²) < 4.78 is 6.71. The second-order valence-electron chi connectivity index (χ2n) is 6.05. The van der Waals surface area contributed by atoms with Crippen LogP contribution in [0.4, 0.5) is 5.69 Å². The smallest absolute Gasteiger partial charge is 0.287 e. The van der Waals surface area contributed by atoms with E-state index in [2.05, 4.69) is 20.7 Å². The van der Waals surface area contributed by atoms with Crippen LogP contribution in [0.15, 0.2) is 40.2 Å². The zero-order chi connectivity index (χ0) is 19.2. The van der Waals surface area contributed by atoms with Crippen molar-refractivity contribution in [2.45, 2.75) is 0 Å². The normalized spacial score (nSPS) is 15.2. The van der Waals surface area contributed by atoms with Crippen molar-refractivity contribution in [3.63, 3.8) is 0 Å². The van der Waals surface area contributed by atoms with Gasteiger partial charge in [-0.1, -0.05) is 0 Å². The van der Waals surface area contributed by atoms with Gasteiger partial charge < -0.3 is 24.9 Å². The van der Waals surface area contributed by atoms with Crippen LogP contribution in [0.1, 0.15) is 10.6 Å². The maximum absolute atomic E-state index is 12.5. The lowest BCUT2D eigenvalue weighted by atomic mass is 10.3. The number of anilines is 1. The molecule has 0 bridgehead atoms. The van der Waals surface area contributed by atoms with Crippen molar-refractivity contribution in [1.29, 1.82) is 0 Å². The highest BCUT2D eigenvalue weighted by Gasteiger charge is 2.27. The summed E-state index contributed by atoms with van der Waals surface area (Å²) in [6, 6.07) is 3.27. The molecule has 0 aromatic carbocycles. The summed E-state index contributed by atoms with van der Waals surface area (Å²) in [5.74, 6) is 0.623. The van der Waals surface area contributed by atoms with Gasteiger partial charge in [0.15, 0.2) is 11.7 Å². The lowest BCUT2D eigenvalue weighted by Crippen LogP contribution is -2.55. The number of carbonyl (C=O) groups excluding carboxylic acids is 2. The molecule has 144 valence electrons. The zero-order valence-electron chi connectivity index (χ0n) is 15.4. The van der Waals surface area contributed by atoms with Crippen LogP contribution in [0.2, 0.25) is 0 Å². The van der Waals surface area contributed by atoms with Crippen LogP contribution in [0.3, 0.4) is 0 Å². The van der Waals surface area contributed by atoms with E-state index in [4.69, 9.17) is 4.42 Å². The summed E-state index contributed by atoms with van der Waals surface area (Å²) in [6.45, 7) is 2.32. The molecule has 3 heterocycles. The Morgan fingerprint density at radius 2 is 2.15 bits per heavy atom. The number of hydrogen-bond acceptors (Lipinski definition) is 5. The molecule has 0 aliphatic carbocycles. The van der Waals surface area contributed by atoms with Crippen molar-refractivity contribution in [3.8, 4) is 0 Å². The predicted octanol–water partition coefficient (Wildman–Crippen LogP) is -0.333. The molecule has 0 radical (unpaired) electrons. The van der Waals surface area contributed by atoms with E-state index in [0.717, 1.165) is 5.69 Å². The molecule has 1 aliphatic rings. The lowest BCUT2D eigenvalue weighted by molar-refractivity contribution is -0.120. The lowest BCUT2D eigenvalue weighted by Gasteiger charge is -2.35. The van der Waals surface area contributed by atoms with Crippen LogP contribution in [0.5, 0.6) is 0 Å². The van der Waals surface area contributed by atoms with Crippen molar-refractivity contribution < 1.29 is 14.0 Å². The molecule has 2 aromatic rings. The Bertz CT molecular complexity index is 812. The van der Waals surface area contributed by atoms with E-state index >= 15 is 0 Å². The Morgan fingerprint density at radius 3 is 2.78 bits per heavy atom. The fourth-order valence-corrected chi connectivity index (χ4v) is 2.85. The van der Waals surface area contributed by atoms with Crippen LogP contribution < -0.4 is 15.5 Å². The monoisotopic (exact) mass is 373 g/mol. The van der Waals surface area contributed by atoms with Crippen molar-refractivity contribution in [1.82, 2.24) is 25.3 Å².